The molecule has 1 aliphatic rings. The second-order valence-corrected chi connectivity index (χ2v) is 9.21. The number of hydrogen-bond donors (Lipinski definition) is 0. The molecule has 2 aromatic carbocycles. The molecule has 26 heavy (non-hydrogen) atoms. The van der Waals surface area contributed by atoms with Gasteiger partial charge in [-0.05, 0) is 68.1 Å². The lowest BCUT2D eigenvalue weighted by atomic mass is 9.81. The average Bonchev–Trinajstić information content (AvgIpc) is 2.64. The summed E-state index contributed by atoms with van der Waals surface area (Å²) in [5, 5.41) is 0.401. The van der Waals surface area contributed by atoms with Crippen LogP contribution in [-0.4, -0.2) is 21.6 Å². The molecule has 0 aromatic heterocycles. The first-order chi connectivity index (χ1) is 12.3. The smallest absolute Gasteiger partial charge is 0.188 e. The molecule has 0 amide bonds. The van der Waals surface area contributed by atoms with Crippen LogP contribution in [0.5, 0.6) is 0 Å². The van der Waals surface area contributed by atoms with Crippen LogP contribution in [0.3, 0.4) is 0 Å². The highest BCUT2D eigenvalue weighted by Gasteiger charge is 2.50. The number of ether oxygens (including phenoxy) is 1. The third-order valence-corrected chi connectivity index (χ3v) is 7.93. The summed E-state index contributed by atoms with van der Waals surface area (Å²) in [7, 11) is -2.42. The molecule has 0 bridgehead atoms. The Labute approximate surface area is 156 Å². The highest BCUT2D eigenvalue weighted by Crippen LogP contribution is 2.48. The van der Waals surface area contributed by atoms with E-state index in [0.29, 0.717) is 17.9 Å². The molecule has 0 aliphatic heterocycles. The Balaban J connectivity index is 2.18. The van der Waals surface area contributed by atoms with E-state index in [1.54, 1.807) is 7.11 Å². The summed E-state index contributed by atoms with van der Waals surface area (Å²) >= 11 is 5.86. The summed E-state index contributed by atoms with van der Waals surface area (Å²) in [4.78, 5) is 0.0430. The van der Waals surface area contributed by atoms with Gasteiger partial charge in [0.15, 0.2) is 9.84 Å². The van der Waals surface area contributed by atoms with Crippen molar-refractivity contribution in [3.63, 3.8) is 0 Å². The molecule has 1 saturated carbocycles. The standard InChI is InChI=1S/C19H19ClF2O3S/c1-25-15-8-10-19(11-9-15,17-12-14(21)4-7-18(17)22)26(23,24)16-5-2-13(20)3-6-16/h2-7,12,15H,8-11H2,1H3/t15-,19+. The molecule has 2 aromatic rings. The van der Waals surface area contributed by atoms with E-state index in [4.69, 9.17) is 16.3 Å². The van der Waals surface area contributed by atoms with E-state index in [1.807, 2.05) is 0 Å². The van der Waals surface area contributed by atoms with Crippen LogP contribution >= 0.6 is 11.6 Å². The minimum atomic E-state index is -3.99. The second kappa shape index (κ2) is 7.25. The molecule has 0 radical (unpaired) electrons. The molecule has 140 valence electrons. The van der Waals surface area contributed by atoms with Crippen LogP contribution in [0, 0.1) is 11.6 Å². The molecule has 7 heteroatoms. The van der Waals surface area contributed by atoms with Crippen molar-refractivity contribution in [2.24, 2.45) is 0 Å². The number of benzene rings is 2. The summed E-state index contributed by atoms with van der Waals surface area (Å²) in [5.41, 5.74) is -0.123. The Kier molecular flexibility index (Phi) is 5.37. The van der Waals surface area contributed by atoms with E-state index >= 15 is 0 Å². The number of hydrogen-bond acceptors (Lipinski definition) is 3. The van der Waals surface area contributed by atoms with Gasteiger partial charge < -0.3 is 4.74 Å². The first-order valence-electron chi connectivity index (χ1n) is 8.29. The molecule has 0 saturated heterocycles. The van der Waals surface area contributed by atoms with Gasteiger partial charge in [0.25, 0.3) is 0 Å². The molecular formula is C19H19ClF2O3S. The lowest BCUT2D eigenvalue weighted by Crippen LogP contribution is -2.42. The summed E-state index contributed by atoms with van der Waals surface area (Å²) < 4.78 is 59.3. The van der Waals surface area contributed by atoms with Crippen molar-refractivity contribution in [3.8, 4) is 0 Å². The minimum Gasteiger partial charge on any atom is -0.381 e. The van der Waals surface area contributed by atoms with Gasteiger partial charge in [-0.1, -0.05) is 11.6 Å². The van der Waals surface area contributed by atoms with Crippen LogP contribution in [0.2, 0.25) is 5.02 Å². The minimum absolute atomic E-state index is 0.0430. The van der Waals surface area contributed by atoms with E-state index < -0.39 is 26.2 Å². The molecule has 0 atom stereocenters. The van der Waals surface area contributed by atoms with Gasteiger partial charge in [-0.25, -0.2) is 17.2 Å². The lowest BCUT2D eigenvalue weighted by molar-refractivity contribution is 0.0601. The largest absolute Gasteiger partial charge is 0.381 e. The molecule has 0 spiro atoms. The number of methoxy groups -OCH3 is 1. The Hall–Kier alpha value is -1.50. The molecular weight excluding hydrogens is 382 g/mol. The Morgan fingerprint density at radius 3 is 2.27 bits per heavy atom. The first kappa shape index (κ1) is 19.3. The average molecular weight is 401 g/mol. The van der Waals surface area contributed by atoms with Crippen LogP contribution in [0.15, 0.2) is 47.4 Å². The molecule has 0 unspecified atom stereocenters. The van der Waals surface area contributed by atoms with E-state index in [0.717, 1.165) is 18.2 Å². The normalized spacial score (nSPS) is 23.8. The summed E-state index contributed by atoms with van der Waals surface area (Å²) in [6.45, 7) is 0. The van der Waals surface area contributed by atoms with Gasteiger partial charge in [-0.2, -0.15) is 0 Å². The van der Waals surface area contributed by atoms with Crippen molar-refractivity contribution < 1.29 is 21.9 Å². The number of sulfone groups is 1. The third-order valence-electron chi connectivity index (χ3n) is 5.13. The fraction of sp³-hybridized carbons (Fsp3) is 0.368. The molecule has 1 fully saturated rings. The topological polar surface area (TPSA) is 43.4 Å². The zero-order valence-corrected chi connectivity index (χ0v) is 15.8. The van der Waals surface area contributed by atoms with Crippen molar-refractivity contribution in [2.75, 3.05) is 7.11 Å². The van der Waals surface area contributed by atoms with Gasteiger partial charge in [0.05, 0.1) is 11.0 Å². The SMILES string of the molecule is CO[C@H]1CC[C@@](c2cc(F)ccc2F)(S(=O)(=O)c2ccc(Cl)cc2)CC1. The molecule has 0 heterocycles. The summed E-state index contributed by atoms with van der Waals surface area (Å²) in [6, 6.07) is 8.72. The van der Waals surface area contributed by atoms with Crippen molar-refractivity contribution >= 4 is 21.4 Å². The van der Waals surface area contributed by atoms with Crippen LogP contribution in [0.1, 0.15) is 31.2 Å². The fourth-order valence-corrected chi connectivity index (χ4v) is 5.95. The quantitative estimate of drug-likeness (QED) is 0.734. The van der Waals surface area contributed by atoms with Crippen molar-refractivity contribution in [1.29, 1.82) is 0 Å². The van der Waals surface area contributed by atoms with E-state index in [-0.39, 0.29) is 29.4 Å². The highest BCUT2D eigenvalue weighted by atomic mass is 35.5. The summed E-state index contributed by atoms with van der Waals surface area (Å²) in [5.74, 6) is -1.39. The maximum atomic E-state index is 14.6. The number of halogens is 3. The first-order valence-corrected chi connectivity index (χ1v) is 10.1. The van der Waals surface area contributed by atoms with E-state index in [1.165, 1.54) is 24.3 Å². The van der Waals surface area contributed by atoms with Gasteiger partial charge in [0.1, 0.15) is 16.4 Å². The monoisotopic (exact) mass is 400 g/mol. The van der Waals surface area contributed by atoms with Crippen molar-refractivity contribution in [3.05, 3.63) is 64.7 Å². The predicted octanol–water partition coefficient (Wildman–Crippen LogP) is 4.88. The zero-order valence-electron chi connectivity index (χ0n) is 14.2. The molecule has 3 nitrogen and oxygen atoms in total. The van der Waals surface area contributed by atoms with Gasteiger partial charge in [-0.15, -0.1) is 0 Å². The van der Waals surface area contributed by atoms with Crippen molar-refractivity contribution in [2.45, 2.75) is 41.4 Å². The Bertz CT molecular complexity index is 890. The summed E-state index contributed by atoms with van der Waals surface area (Å²) in [6.07, 6.45) is 1.09. The maximum absolute atomic E-state index is 14.6. The van der Waals surface area contributed by atoms with Crippen LogP contribution in [0.25, 0.3) is 0 Å². The number of rotatable bonds is 4. The lowest BCUT2D eigenvalue weighted by Gasteiger charge is -2.39. The van der Waals surface area contributed by atoms with Crippen LogP contribution in [-0.2, 0) is 19.3 Å². The van der Waals surface area contributed by atoms with E-state index in [9.17, 15) is 17.2 Å². The van der Waals surface area contributed by atoms with E-state index in [2.05, 4.69) is 0 Å². The van der Waals surface area contributed by atoms with Gasteiger partial charge >= 0.3 is 0 Å². The zero-order chi connectivity index (χ0) is 18.9. The second-order valence-electron chi connectivity index (χ2n) is 6.51. The molecule has 1 aliphatic carbocycles. The fourth-order valence-electron chi connectivity index (χ4n) is 3.66. The molecule has 0 N–H and O–H groups in total. The van der Waals surface area contributed by atoms with Gasteiger partial charge in [-0.3, -0.25) is 0 Å². The molecule has 3 rings (SSSR count). The van der Waals surface area contributed by atoms with Gasteiger partial charge in [0, 0.05) is 17.7 Å². The van der Waals surface area contributed by atoms with Gasteiger partial charge in [0.2, 0.25) is 0 Å². The predicted molar refractivity (Wildman–Crippen MR) is 95.9 cm³/mol. The third kappa shape index (κ3) is 3.26. The Morgan fingerprint density at radius 2 is 1.69 bits per heavy atom. The highest BCUT2D eigenvalue weighted by molar-refractivity contribution is 7.92. The van der Waals surface area contributed by atoms with Crippen LogP contribution in [0.4, 0.5) is 8.78 Å². The maximum Gasteiger partial charge on any atom is 0.188 e. The Morgan fingerprint density at radius 1 is 1.08 bits per heavy atom. The van der Waals surface area contributed by atoms with Crippen LogP contribution < -0.4 is 0 Å². The van der Waals surface area contributed by atoms with Crippen molar-refractivity contribution in [1.82, 2.24) is 0 Å².